The summed E-state index contributed by atoms with van der Waals surface area (Å²) in [6.07, 6.45) is 1.80. The molecule has 0 radical (unpaired) electrons. The molecule has 1 heterocycles. The van der Waals surface area contributed by atoms with Crippen molar-refractivity contribution in [3.05, 3.63) is 63.0 Å². The predicted molar refractivity (Wildman–Crippen MR) is 74.5 cm³/mol. The second-order valence-electron chi connectivity index (χ2n) is 3.78. The van der Waals surface area contributed by atoms with Crippen LogP contribution in [-0.2, 0) is 5.75 Å². The van der Waals surface area contributed by atoms with E-state index >= 15 is 0 Å². The Bertz CT molecular complexity index is 607. The van der Waals surface area contributed by atoms with E-state index in [0.717, 1.165) is 11.4 Å². The highest BCUT2D eigenvalue weighted by atomic mass is 35.5. The molecule has 2 nitrogen and oxygen atoms in total. The molecule has 17 heavy (non-hydrogen) atoms. The van der Waals surface area contributed by atoms with E-state index in [4.69, 9.17) is 11.6 Å². The molecule has 0 aliphatic carbocycles. The lowest BCUT2D eigenvalue weighted by molar-refractivity contribution is 0.956. The summed E-state index contributed by atoms with van der Waals surface area (Å²) >= 11 is 10.3. The number of benzene rings is 1. The standard InChI is InChI=1S/C13H12ClNOS/c1-9-6-13(16)10(8-17)7-15(9)12-5-3-2-4-11(12)14/h2-7,17H,8H2,1H3. The van der Waals surface area contributed by atoms with Gasteiger partial charge in [-0.1, -0.05) is 23.7 Å². The van der Waals surface area contributed by atoms with Gasteiger partial charge in [0.25, 0.3) is 0 Å². The smallest absolute Gasteiger partial charge is 0.185 e. The SMILES string of the molecule is Cc1cc(=O)c(CS)cn1-c1ccccc1Cl. The number of halogens is 1. The molecule has 4 heteroatoms. The van der Waals surface area contributed by atoms with Crippen molar-refractivity contribution in [3.63, 3.8) is 0 Å². The van der Waals surface area contributed by atoms with Gasteiger partial charge < -0.3 is 4.57 Å². The molecule has 0 amide bonds. The van der Waals surface area contributed by atoms with E-state index in [-0.39, 0.29) is 5.43 Å². The van der Waals surface area contributed by atoms with Crippen LogP contribution in [-0.4, -0.2) is 4.57 Å². The van der Waals surface area contributed by atoms with Gasteiger partial charge in [0.1, 0.15) is 0 Å². The quantitative estimate of drug-likeness (QED) is 0.828. The third kappa shape index (κ3) is 2.40. The third-order valence-electron chi connectivity index (χ3n) is 2.60. The maximum Gasteiger partial charge on any atom is 0.185 e. The first kappa shape index (κ1) is 12.3. The largest absolute Gasteiger partial charge is 0.319 e. The normalized spacial score (nSPS) is 10.5. The number of pyridine rings is 1. The summed E-state index contributed by atoms with van der Waals surface area (Å²) in [6, 6.07) is 9.15. The first-order valence-corrected chi connectivity index (χ1v) is 6.22. The number of hydrogen-bond acceptors (Lipinski definition) is 2. The van der Waals surface area contributed by atoms with E-state index in [1.165, 1.54) is 0 Å². The first-order valence-electron chi connectivity index (χ1n) is 5.21. The molecular formula is C13H12ClNOS. The van der Waals surface area contributed by atoms with Gasteiger partial charge in [0.15, 0.2) is 5.43 Å². The van der Waals surface area contributed by atoms with Crippen LogP contribution in [0.1, 0.15) is 11.3 Å². The molecule has 88 valence electrons. The minimum atomic E-state index is 0.0146. The van der Waals surface area contributed by atoms with Crippen LogP contribution in [0.4, 0.5) is 0 Å². The van der Waals surface area contributed by atoms with Gasteiger partial charge in [0.2, 0.25) is 0 Å². The number of para-hydroxylation sites is 1. The lowest BCUT2D eigenvalue weighted by atomic mass is 10.2. The summed E-state index contributed by atoms with van der Waals surface area (Å²) in [5, 5.41) is 0.657. The highest BCUT2D eigenvalue weighted by Gasteiger charge is 2.06. The second kappa shape index (κ2) is 4.98. The highest BCUT2D eigenvalue weighted by Crippen LogP contribution is 2.21. The van der Waals surface area contributed by atoms with Gasteiger partial charge in [-0.3, -0.25) is 4.79 Å². The molecule has 0 aliphatic heterocycles. The lowest BCUT2D eigenvalue weighted by Gasteiger charge is -2.13. The van der Waals surface area contributed by atoms with E-state index < -0.39 is 0 Å². The second-order valence-corrected chi connectivity index (χ2v) is 4.51. The van der Waals surface area contributed by atoms with Crippen LogP contribution in [0.25, 0.3) is 5.69 Å². The molecule has 0 unspecified atom stereocenters. The fourth-order valence-electron chi connectivity index (χ4n) is 1.70. The summed E-state index contributed by atoms with van der Waals surface area (Å²) in [4.78, 5) is 11.6. The minimum absolute atomic E-state index is 0.0146. The van der Waals surface area contributed by atoms with E-state index in [1.807, 2.05) is 35.8 Å². The van der Waals surface area contributed by atoms with Crippen molar-refractivity contribution in [1.29, 1.82) is 0 Å². The summed E-state index contributed by atoms with van der Waals surface area (Å²) in [7, 11) is 0. The molecule has 0 atom stereocenters. The summed E-state index contributed by atoms with van der Waals surface area (Å²) in [5.41, 5.74) is 2.41. The number of thiol groups is 1. The Morgan fingerprint density at radius 3 is 2.71 bits per heavy atom. The van der Waals surface area contributed by atoms with Gasteiger partial charge in [-0.05, 0) is 19.1 Å². The summed E-state index contributed by atoms with van der Waals surface area (Å²) < 4.78 is 1.91. The number of aromatic nitrogens is 1. The van der Waals surface area contributed by atoms with Crippen LogP contribution in [0, 0.1) is 6.92 Å². The average molecular weight is 266 g/mol. The topological polar surface area (TPSA) is 22.0 Å². The van der Waals surface area contributed by atoms with Crippen LogP contribution >= 0.6 is 24.2 Å². The number of aryl methyl sites for hydroxylation is 1. The van der Waals surface area contributed by atoms with Crippen molar-refractivity contribution in [3.8, 4) is 5.69 Å². The van der Waals surface area contributed by atoms with Crippen molar-refractivity contribution in [2.24, 2.45) is 0 Å². The van der Waals surface area contributed by atoms with Gasteiger partial charge in [0.05, 0.1) is 10.7 Å². The van der Waals surface area contributed by atoms with Crippen molar-refractivity contribution in [2.45, 2.75) is 12.7 Å². The maximum absolute atomic E-state index is 11.6. The number of rotatable bonds is 2. The molecule has 0 saturated heterocycles. The Balaban J connectivity index is 2.68. The molecule has 0 fully saturated rings. The van der Waals surface area contributed by atoms with Gasteiger partial charge in [-0.2, -0.15) is 12.6 Å². The molecule has 0 spiro atoms. The molecule has 1 aromatic heterocycles. The van der Waals surface area contributed by atoms with Gasteiger partial charge in [-0.25, -0.2) is 0 Å². The van der Waals surface area contributed by atoms with Gasteiger partial charge in [0, 0.05) is 29.3 Å². The minimum Gasteiger partial charge on any atom is -0.319 e. The molecule has 0 aliphatic rings. The summed E-state index contributed by atoms with van der Waals surface area (Å²) in [5.74, 6) is 0.420. The lowest BCUT2D eigenvalue weighted by Crippen LogP contribution is -2.13. The number of nitrogens with zero attached hydrogens (tertiary/aromatic N) is 1. The third-order valence-corrected chi connectivity index (χ3v) is 3.26. The molecule has 0 N–H and O–H groups in total. The van der Waals surface area contributed by atoms with Crippen molar-refractivity contribution >= 4 is 24.2 Å². The van der Waals surface area contributed by atoms with E-state index in [1.54, 1.807) is 12.3 Å². The number of hydrogen-bond donors (Lipinski definition) is 1. The van der Waals surface area contributed by atoms with Crippen molar-refractivity contribution in [2.75, 3.05) is 0 Å². The molecule has 2 rings (SSSR count). The van der Waals surface area contributed by atoms with Crippen LogP contribution in [0.2, 0.25) is 5.02 Å². The fourth-order valence-corrected chi connectivity index (χ4v) is 2.16. The Kier molecular flexibility index (Phi) is 3.60. The van der Waals surface area contributed by atoms with Crippen LogP contribution in [0.5, 0.6) is 0 Å². The molecule has 2 aromatic rings. The van der Waals surface area contributed by atoms with E-state index in [0.29, 0.717) is 16.3 Å². The molecule has 0 saturated carbocycles. The maximum atomic E-state index is 11.6. The molecule has 0 bridgehead atoms. The van der Waals surface area contributed by atoms with Gasteiger partial charge in [-0.15, -0.1) is 0 Å². The van der Waals surface area contributed by atoms with Crippen molar-refractivity contribution < 1.29 is 0 Å². The zero-order valence-electron chi connectivity index (χ0n) is 9.35. The monoisotopic (exact) mass is 265 g/mol. The van der Waals surface area contributed by atoms with E-state index in [2.05, 4.69) is 12.6 Å². The Morgan fingerprint density at radius 2 is 2.06 bits per heavy atom. The van der Waals surface area contributed by atoms with E-state index in [9.17, 15) is 4.79 Å². The van der Waals surface area contributed by atoms with Crippen LogP contribution in [0.15, 0.2) is 41.3 Å². The zero-order chi connectivity index (χ0) is 12.4. The molecular weight excluding hydrogens is 254 g/mol. The Morgan fingerprint density at radius 1 is 1.35 bits per heavy atom. The predicted octanol–water partition coefficient (Wildman–Crippen LogP) is 3.23. The van der Waals surface area contributed by atoms with Crippen LogP contribution in [0.3, 0.4) is 0 Å². The zero-order valence-corrected chi connectivity index (χ0v) is 11.0. The molecule has 1 aromatic carbocycles. The van der Waals surface area contributed by atoms with Crippen LogP contribution < -0.4 is 5.43 Å². The summed E-state index contributed by atoms with van der Waals surface area (Å²) in [6.45, 7) is 1.88. The average Bonchev–Trinajstić information content (AvgIpc) is 2.31. The fraction of sp³-hybridized carbons (Fsp3) is 0.154. The Labute approximate surface area is 110 Å². The Hall–Kier alpha value is -1.19. The van der Waals surface area contributed by atoms with Gasteiger partial charge >= 0.3 is 0 Å². The van der Waals surface area contributed by atoms with Crippen molar-refractivity contribution in [1.82, 2.24) is 4.57 Å². The first-order chi connectivity index (χ1) is 8.13. The highest BCUT2D eigenvalue weighted by molar-refractivity contribution is 7.79.